The van der Waals surface area contributed by atoms with Gasteiger partial charge < -0.3 is 9.73 Å². The highest BCUT2D eigenvalue weighted by molar-refractivity contribution is 5.81. The molecule has 15 heavy (non-hydrogen) atoms. The lowest BCUT2D eigenvalue weighted by Crippen LogP contribution is -2.35. The van der Waals surface area contributed by atoms with Crippen LogP contribution < -0.4 is 5.32 Å². The zero-order valence-electron chi connectivity index (χ0n) is 9.76. The molecule has 0 aliphatic rings. The van der Waals surface area contributed by atoms with Gasteiger partial charge in [0.2, 0.25) is 5.91 Å². The van der Waals surface area contributed by atoms with Gasteiger partial charge in [-0.05, 0) is 0 Å². The summed E-state index contributed by atoms with van der Waals surface area (Å²) in [6, 6.07) is 0. The van der Waals surface area contributed by atoms with E-state index in [1.807, 2.05) is 20.8 Å². The number of hydrogen-bond acceptors (Lipinski definition) is 3. The van der Waals surface area contributed by atoms with Gasteiger partial charge in [0.1, 0.15) is 6.26 Å². The first-order chi connectivity index (χ1) is 6.89. The number of aromatic nitrogens is 1. The van der Waals surface area contributed by atoms with Crippen LogP contribution in [0.3, 0.4) is 0 Å². The molecule has 0 saturated heterocycles. The highest BCUT2D eigenvalue weighted by Gasteiger charge is 2.20. The van der Waals surface area contributed by atoms with Crippen LogP contribution in [-0.2, 0) is 11.2 Å². The maximum atomic E-state index is 11.5. The van der Waals surface area contributed by atoms with Gasteiger partial charge in [0.25, 0.3) is 0 Å². The minimum Gasteiger partial charge on any atom is -0.449 e. The first-order valence-electron chi connectivity index (χ1n) is 5.09. The SMILES string of the molecule is Cc1nc(CCNC(=O)C(C)(C)C)co1. The van der Waals surface area contributed by atoms with Gasteiger partial charge in [-0.3, -0.25) is 4.79 Å². The van der Waals surface area contributed by atoms with Gasteiger partial charge in [0.15, 0.2) is 5.89 Å². The average molecular weight is 210 g/mol. The van der Waals surface area contributed by atoms with Crippen molar-refractivity contribution in [2.45, 2.75) is 34.1 Å². The molecular formula is C11H18N2O2. The summed E-state index contributed by atoms with van der Waals surface area (Å²) in [5.41, 5.74) is 0.543. The normalized spacial score (nSPS) is 11.5. The molecule has 0 saturated carbocycles. The third kappa shape index (κ3) is 3.73. The summed E-state index contributed by atoms with van der Waals surface area (Å²) in [6.07, 6.45) is 2.33. The van der Waals surface area contributed by atoms with E-state index in [9.17, 15) is 4.79 Å². The van der Waals surface area contributed by atoms with Crippen LogP contribution in [0.15, 0.2) is 10.7 Å². The Labute approximate surface area is 90.1 Å². The molecule has 1 aromatic heterocycles. The lowest BCUT2D eigenvalue weighted by Gasteiger charge is -2.17. The van der Waals surface area contributed by atoms with E-state index >= 15 is 0 Å². The zero-order chi connectivity index (χ0) is 11.5. The molecule has 1 rings (SSSR count). The Bertz CT molecular complexity index is 337. The zero-order valence-corrected chi connectivity index (χ0v) is 9.76. The Morgan fingerprint density at radius 2 is 2.20 bits per heavy atom. The number of nitrogens with zero attached hydrogens (tertiary/aromatic N) is 1. The topological polar surface area (TPSA) is 55.1 Å². The van der Waals surface area contributed by atoms with Crippen molar-refractivity contribution in [1.82, 2.24) is 10.3 Å². The summed E-state index contributed by atoms with van der Waals surface area (Å²) < 4.78 is 5.07. The first-order valence-corrected chi connectivity index (χ1v) is 5.09. The fourth-order valence-corrected chi connectivity index (χ4v) is 1.09. The number of amides is 1. The van der Waals surface area contributed by atoms with Crippen LogP contribution in [-0.4, -0.2) is 17.4 Å². The van der Waals surface area contributed by atoms with Gasteiger partial charge in [-0.15, -0.1) is 0 Å². The maximum Gasteiger partial charge on any atom is 0.225 e. The number of carbonyl (C=O) groups excluding carboxylic acids is 1. The molecule has 0 aromatic carbocycles. The van der Waals surface area contributed by atoms with Crippen molar-refractivity contribution in [3.8, 4) is 0 Å². The number of hydrogen-bond donors (Lipinski definition) is 1. The predicted molar refractivity (Wildman–Crippen MR) is 57.4 cm³/mol. The van der Waals surface area contributed by atoms with Crippen LogP contribution in [0.25, 0.3) is 0 Å². The standard InChI is InChI=1S/C11H18N2O2/c1-8-13-9(7-15-8)5-6-12-10(14)11(2,3)4/h7H,5-6H2,1-4H3,(H,12,14). The molecule has 84 valence electrons. The summed E-state index contributed by atoms with van der Waals surface area (Å²) in [5, 5.41) is 2.86. The molecule has 4 nitrogen and oxygen atoms in total. The quantitative estimate of drug-likeness (QED) is 0.826. The molecular weight excluding hydrogens is 192 g/mol. The Kier molecular flexibility index (Phi) is 3.50. The average Bonchev–Trinajstić information content (AvgIpc) is 2.49. The summed E-state index contributed by atoms with van der Waals surface area (Å²) >= 11 is 0. The second-order valence-corrected chi connectivity index (χ2v) is 4.61. The van der Waals surface area contributed by atoms with E-state index in [0.717, 1.165) is 5.69 Å². The second kappa shape index (κ2) is 4.47. The Morgan fingerprint density at radius 3 is 2.67 bits per heavy atom. The van der Waals surface area contributed by atoms with Crippen molar-refractivity contribution in [1.29, 1.82) is 0 Å². The summed E-state index contributed by atoms with van der Waals surface area (Å²) in [4.78, 5) is 15.7. The van der Waals surface area contributed by atoms with Gasteiger partial charge in [-0.25, -0.2) is 4.98 Å². The lowest BCUT2D eigenvalue weighted by atomic mass is 9.96. The minimum absolute atomic E-state index is 0.0581. The monoisotopic (exact) mass is 210 g/mol. The highest BCUT2D eigenvalue weighted by atomic mass is 16.3. The van der Waals surface area contributed by atoms with E-state index in [4.69, 9.17) is 4.42 Å². The first kappa shape index (κ1) is 11.8. The van der Waals surface area contributed by atoms with Crippen molar-refractivity contribution < 1.29 is 9.21 Å². The van der Waals surface area contributed by atoms with Gasteiger partial charge in [-0.2, -0.15) is 0 Å². The molecule has 1 amide bonds. The van der Waals surface area contributed by atoms with E-state index in [1.54, 1.807) is 13.2 Å². The van der Waals surface area contributed by atoms with Crippen molar-refractivity contribution in [2.75, 3.05) is 6.54 Å². The van der Waals surface area contributed by atoms with E-state index in [2.05, 4.69) is 10.3 Å². The second-order valence-electron chi connectivity index (χ2n) is 4.61. The van der Waals surface area contributed by atoms with Crippen molar-refractivity contribution >= 4 is 5.91 Å². The number of nitrogens with one attached hydrogen (secondary N) is 1. The summed E-state index contributed by atoms with van der Waals surface area (Å²) in [7, 11) is 0. The third-order valence-electron chi connectivity index (χ3n) is 2.01. The van der Waals surface area contributed by atoms with E-state index in [1.165, 1.54) is 0 Å². The molecule has 0 aliphatic heterocycles. The Hall–Kier alpha value is -1.32. The molecule has 0 fully saturated rings. The molecule has 0 aliphatic carbocycles. The van der Waals surface area contributed by atoms with Crippen LogP contribution in [0.2, 0.25) is 0 Å². The molecule has 0 bridgehead atoms. The molecule has 0 atom stereocenters. The smallest absolute Gasteiger partial charge is 0.225 e. The largest absolute Gasteiger partial charge is 0.449 e. The lowest BCUT2D eigenvalue weighted by molar-refractivity contribution is -0.128. The maximum absolute atomic E-state index is 11.5. The molecule has 0 radical (unpaired) electrons. The fourth-order valence-electron chi connectivity index (χ4n) is 1.09. The van der Waals surface area contributed by atoms with Crippen LogP contribution in [0.5, 0.6) is 0 Å². The highest BCUT2D eigenvalue weighted by Crippen LogP contribution is 2.12. The van der Waals surface area contributed by atoms with Crippen LogP contribution in [0.4, 0.5) is 0 Å². The Balaban J connectivity index is 2.31. The number of aryl methyl sites for hydroxylation is 1. The van der Waals surface area contributed by atoms with Crippen molar-refractivity contribution in [3.05, 3.63) is 17.8 Å². The van der Waals surface area contributed by atoms with E-state index in [0.29, 0.717) is 18.9 Å². The number of oxazole rings is 1. The van der Waals surface area contributed by atoms with Gasteiger partial charge >= 0.3 is 0 Å². The van der Waals surface area contributed by atoms with E-state index < -0.39 is 0 Å². The Morgan fingerprint density at radius 1 is 1.53 bits per heavy atom. The van der Waals surface area contributed by atoms with Crippen LogP contribution >= 0.6 is 0 Å². The van der Waals surface area contributed by atoms with Crippen molar-refractivity contribution in [3.63, 3.8) is 0 Å². The molecule has 1 heterocycles. The number of carbonyl (C=O) groups is 1. The molecule has 0 spiro atoms. The van der Waals surface area contributed by atoms with Crippen LogP contribution in [0.1, 0.15) is 32.4 Å². The molecule has 4 heteroatoms. The van der Waals surface area contributed by atoms with Crippen molar-refractivity contribution in [2.24, 2.45) is 5.41 Å². The molecule has 1 N–H and O–H groups in total. The minimum atomic E-state index is -0.334. The van der Waals surface area contributed by atoms with Crippen LogP contribution in [0, 0.1) is 12.3 Å². The third-order valence-corrected chi connectivity index (χ3v) is 2.01. The van der Waals surface area contributed by atoms with E-state index in [-0.39, 0.29) is 11.3 Å². The van der Waals surface area contributed by atoms with Gasteiger partial charge in [0, 0.05) is 25.3 Å². The van der Waals surface area contributed by atoms with Gasteiger partial charge in [-0.1, -0.05) is 20.8 Å². The summed E-state index contributed by atoms with van der Waals surface area (Å²) in [6.45, 7) is 8.08. The summed E-state index contributed by atoms with van der Waals surface area (Å²) in [5.74, 6) is 0.717. The van der Waals surface area contributed by atoms with Gasteiger partial charge in [0.05, 0.1) is 5.69 Å². The fraction of sp³-hybridized carbons (Fsp3) is 0.636. The predicted octanol–water partition coefficient (Wildman–Crippen LogP) is 1.69. The molecule has 1 aromatic rings. The molecule has 0 unspecified atom stereocenters. The number of rotatable bonds is 3.